The molecule has 1 saturated heterocycles. The first-order chi connectivity index (χ1) is 8.19. The summed E-state index contributed by atoms with van der Waals surface area (Å²) in [6.45, 7) is 4.81. The third kappa shape index (κ3) is 3.26. The number of hydrogen-bond acceptors (Lipinski definition) is 5. The molecule has 0 spiro atoms. The van der Waals surface area contributed by atoms with Crippen molar-refractivity contribution in [3.63, 3.8) is 0 Å². The highest BCUT2D eigenvalue weighted by atomic mass is 32.2. The van der Waals surface area contributed by atoms with Crippen LogP contribution < -0.4 is 9.64 Å². The van der Waals surface area contributed by atoms with Gasteiger partial charge in [-0.3, -0.25) is 4.31 Å². The zero-order valence-electron chi connectivity index (χ0n) is 10.6. The molecule has 0 radical (unpaired) electrons. The quantitative estimate of drug-likeness (QED) is 0.747. The van der Waals surface area contributed by atoms with Gasteiger partial charge in [-0.25, -0.2) is 4.98 Å². The highest BCUT2D eigenvalue weighted by Gasteiger charge is 2.28. The maximum atomic E-state index is 5.37. The van der Waals surface area contributed by atoms with Crippen LogP contribution in [0, 0.1) is 0 Å². The van der Waals surface area contributed by atoms with E-state index in [0.29, 0.717) is 11.9 Å². The third-order valence-corrected chi connectivity index (χ3v) is 3.58. The van der Waals surface area contributed by atoms with E-state index in [2.05, 4.69) is 28.3 Å². The molecule has 17 heavy (non-hydrogen) atoms. The topological polar surface area (TPSA) is 28.6 Å². The van der Waals surface area contributed by atoms with Crippen LogP contribution in [0.15, 0.2) is 18.3 Å². The summed E-state index contributed by atoms with van der Waals surface area (Å²) in [6, 6.07) is 4.01. The van der Waals surface area contributed by atoms with Gasteiger partial charge < -0.3 is 9.64 Å². The Morgan fingerprint density at radius 2 is 2.24 bits per heavy atom. The van der Waals surface area contributed by atoms with Gasteiger partial charge in [-0.2, -0.15) is 0 Å². The molecule has 0 atom stereocenters. The zero-order chi connectivity index (χ0) is 12.3. The second kappa shape index (κ2) is 5.60. The van der Waals surface area contributed by atoms with Crippen LogP contribution in [0.3, 0.4) is 0 Å². The van der Waals surface area contributed by atoms with Crippen LogP contribution in [-0.4, -0.2) is 48.3 Å². The van der Waals surface area contributed by atoms with E-state index in [-0.39, 0.29) is 0 Å². The molecule has 0 saturated carbocycles. The molecule has 1 aromatic rings. The van der Waals surface area contributed by atoms with Gasteiger partial charge in [0.2, 0.25) is 0 Å². The lowest BCUT2D eigenvalue weighted by Gasteiger charge is -2.40. The molecule has 0 aliphatic carbocycles. The van der Waals surface area contributed by atoms with Gasteiger partial charge in [0.25, 0.3) is 0 Å². The average molecular weight is 253 g/mol. The van der Waals surface area contributed by atoms with Gasteiger partial charge in [0.1, 0.15) is 11.6 Å². The molecule has 0 amide bonds. The number of rotatable bonds is 5. The number of anilines is 1. The lowest BCUT2D eigenvalue weighted by Crippen LogP contribution is -2.50. The Balaban J connectivity index is 1.84. The van der Waals surface area contributed by atoms with Crippen molar-refractivity contribution in [3.05, 3.63) is 18.3 Å². The summed E-state index contributed by atoms with van der Waals surface area (Å²) in [5.41, 5.74) is 0. The number of pyridine rings is 1. The smallest absolute Gasteiger partial charge is 0.137 e. The number of ether oxygens (including phenoxy) is 1. The van der Waals surface area contributed by atoms with Crippen LogP contribution in [0.2, 0.25) is 0 Å². The number of aromatic nitrogens is 1. The predicted octanol–water partition coefficient (Wildman–Crippen LogP) is 1.88. The van der Waals surface area contributed by atoms with Crippen molar-refractivity contribution in [1.82, 2.24) is 9.29 Å². The minimum Gasteiger partial charge on any atom is -0.492 e. The van der Waals surface area contributed by atoms with Gasteiger partial charge >= 0.3 is 0 Å². The van der Waals surface area contributed by atoms with Gasteiger partial charge in [-0.15, -0.1) is 0 Å². The molecule has 94 valence electrons. The van der Waals surface area contributed by atoms with Crippen molar-refractivity contribution in [3.8, 4) is 5.75 Å². The fourth-order valence-electron chi connectivity index (χ4n) is 1.80. The van der Waals surface area contributed by atoms with E-state index in [9.17, 15) is 0 Å². The first kappa shape index (κ1) is 12.5. The number of hydrogen-bond donors (Lipinski definition) is 0. The minimum absolute atomic E-state index is 0.687. The molecule has 1 aromatic heterocycles. The van der Waals surface area contributed by atoms with Crippen molar-refractivity contribution in [2.45, 2.75) is 12.2 Å². The first-order valence-electron chi connectivity index (χ1n) is 5.87. The SMILES string of the molecule is CCOc1ccc(N2CC(SN(C)C)C2)nc1. The average Bonchev–Trinajstić information content (AvgIpc) is 2.24. The molecular weight excluding hydrogens is 234 g/mol. The fourth-order valence-corrected chi connectivity index (χ4v) is 2.89. The molecule has 1 fully saturated rings. The summed E-state index contributed by atoms with van der Waals surface area (Å²) >= 11 is 1.89. The Morgan fingerprint density at radius 3 is 2.76 bits per heavy atom. The van der Waals surface area contributed by atoms with Gasteiger partial charge in [0, 0.05) is 13.1 Å². The van der Waals surface area contributed by atoms with Gasteiger partial charge in [-0.1, -0.05) is 11.9 Å². The molecule has 5 heteroatoms. The van der Waals surface area contributed by atoms with E-state index >= 15 is 0 Å². The summed E-state index contributed by atoms with van der Waals surface area (Å²) in [7, 11) is 4.17. The molecule has 1 aliphatic heterocycles. The molecule has 2 heterocycles. The summed E-state index contributed by atoms with van der Waals surface area (Å²) in [5, 5.41) is 0.693. The van der Waals surface area contributed by atoms with E-state index < -0.39 is 0 Å². The fraction of sp³-hybridized carbons (Fsp3) is 0.583. The van der Waals surface area contributed by atoms with Gasteiger partial charge in [0.05, 0.1) is 18.1 Å². The van der Waals surface area contributed by atoms with Gasteiger partial charge in [0.15, 0.2) is 0 Å². The van der Waals surface area contributed by atoms with E-state index in [1.165, 1.54) is 0 Å². The van der Waals surface area contributed by atoms with E-state index in [0.717, 1.165) is 24.7 Å². The summed E-state index contributed by atoms with van der Waals surface area (Å²) in [6.07, 6.45) is 1.80. The lowest BCUT2D eigenvalue weighted by atomic mass is 10.2. The molecule has 1 aliphatic rings. The molecule has 0 aromatic carbocycles. The monoisotopic (exact) mass is 253 g/mol. The molecular formula is C12H19N3OS. The second-order valence-electron chi connectivity index (χ2n) is 4.23. The summed E-state index contributed by atoms with van der Waals surface area (Å²) in [5.74, 6) is 1.89. The van der Waals surface area contributed by atoms with Crippen LogP contribution >= 0.6 is 11.9 Å². The predicted molar refractivity (Wildman–Crippen MR) is 72.7 cm³/mol. The number of nitrogens with zero attached hydrogens (tertiary/aromatic N) is 3. The molecule has 0 unspecified atom stereocenters. The van der Waals surface area contributed by atoms with Crippen molar-refractivity contribution >= 4 is 17.8 Å². The Bertz CT molecular complexity index is 349. The standard InChI is InChI=1S/C12H19N3OS/c1-4-16-10-5-6-12(13-7-10)15-8-11(9-15)17-14(2)3/h5-7,11H,4,8-9H2,1-3H3. The van der Waals surface area contributed by atoms with Crippen molar-refractivity contribution in [2.75, 3.05) is 38.7 Å². The molecule has 0 bridgehead atoms. The highest BCUT2D eigenvalue weighted by Crippen LogP contribution is 2.28. The van der Waals surface area contributed by atoms with Gasteiger partial charge in [-0.05, 0) is 33.2 Å². The maximum absolute atomic E-state index is 5.37. The molecule has 4 nitrogen and oxygen atoms in total. The van der Waals surface area contributed by atoms with Crippen LogP contribution in [0.4, 0.5) is 5.82 Å². The van der Waals surface area contributed by atoms with Crippen LogP contribution in [0.1, 0.15) is 6.92 Å². The Morgan fingerprint density at radius 1 is 1.47 bits per heavy atom. The van der Waals surface area contributed by atoms with E-state index in [4.69, 9.17) is 4.74 Å². The van der Waals surface area contributed by atoms with Crippen LogP contribution in [0.25, 0.3) is 0 Å². The largest absolute Gasteiger partial charge is 0.492 e. The maximum Gasteiger partial charge on any atom is 0.137 e. The third-order valence-electron chi connectivity index (χ3n) is 2.56. The van der Waals surface area contributed by atoms with Crippen LogP contribution in [-0.2, 0) is 0 Å². The van der Waals surface area contributed by atoms with Crippen molar-refractivity contribution in [1.29, 1.82) is 0 Å². The highest BCUT2D eigenvalue weighted by molar-refractivity contribution is 7.97. The Kier molecular flexibility index (Phi) is 4.12. The molecule has 2 rings (SSSR count). The Hall–Kier alpha value is -0.940. The Labute approximate surface area is 107 Å². The molecule has 0 N–H and O–H groups in total. The second-order valence-corrected chi connectivity index (χ2v) is 5.84. The van der Waals surface area contributed by atoms with Crippen LogP contribution in [0.5, 0.6) is 5.75 Å². The van der Waals surface area contributed by atoms with E-state index in [1.54, 1.807) is 6.20 Å². The zero-order valence-corrected chi connectivity index (χ0v) is 11.4. The van der Waals surface area contributed by atoms with E-state index in [1.807, 2.05) is 31.0 Å². The first-order valence-corrected chi connectivity index (χ1v) is 6.70. The summed E-state index contributed by atoms with van der Waals surface area (Å²) < 4.78 is 7.53. The minimum atomic E-state index is 0.687. The van der Waals surface area contributed by atoms with Crippen molar-refractivity contribution < 1.29 is 4.74 Å². The van der Waals surface area contributed by atoms with Crippen molar-refractivity contribution in [2.24, 2.45) is 0 Å². The summed E-state index contributed by atoms with van der Waals surface area (Å²) in [4.78, 5) is 6.70. The lowest BCUT2D eigenvalue weighted by molar-refractivity contribution is 0.339. The normalized spacial score (nSPS) is 16.1.